The molecule has 0 N–H and O–H groups in total. The molecule has 1 aromatic carbocycles. The molecule has 2 aliphatic heterocycles. The van der Waals surface area contributed by atoms with E-state index in [9.17, 15) is 18.0 Å². The van der Waals surface area contributed by atoms with Gasteiger partial charge in [0.05, 0.1) is 25.4 Å². The Balaban J connectivity index is 1.21. The zero-order valence-corrected chi connectivity index (χ0v) is 18.4. The monoisotopic (exact) mass is 464 g/mol. The van der Waals surface area contributed by atoms with Crippen molar-refractivity contribution in [1.29, 1.82) is 0 Å². The molecule has 1 amide bonds. The van der Waals surface area contributed by atoms with Crippen LogP contribution in [-0.4, -0.2) is 55.8 Å². The molecule has 2 saturated heterocycles. The number of pyridine rings is 1. The molecule has 2 fully saturated rings. The Morgan fingerprint density at radius 3 is 2.36 bits per heavy atom. The van der Waals surface area contributed by atoms with Gasteiger partial charge in [-0.3, -0.25) is 4.79 Å². The highest BCUT2D eigenvalue weighted by molar-refractivity contribution is 5.94. The number of halogens is 3. The van der Waals surface area contributed by atoms with E-state index in [2.05, 4.69) is 4.98 Å². The second-order valence-electron chi connectivity index (χ2n) is 8.52. The number of hydrogen-bond donors (Lipinski definition) is 0. The van der Waals surface area contributed by atoms with Gasteiger partial charge >= 0.3 is 6.18 Å². The highest BCUT2D eigenvalue weighted by atomic mass is 19.4. The lowest BCUT2D eigenvalue weighted by Crippen LogP contribution is -2.48. The molecule has 0 unspecified atom stereocenters. The molecule has 1 aromatic heterocycles. The van der Waals surface area contributed by atoms with Crippen molar-refractivity contribution in [3.8, 4) is 5.88 Å². The van der Waals surface area contributed by atoms with E-state index in [1.54, 1.807) is 7.11 Å². The molecular formula is C24H27F3N2O4. The van der Waals surface area contributed by atoms with Crippen LogP contribution in [0, 0.1) is 5.92 Å². The van der Waals surface area contributed by atoms with Crippen LogP contribution >= 0.6 is 0 Å². The second kappa shape index (κ2) is 9.69. The molecular weight excluding hydrogens is 437 g/mol. The van der Waals surface area contributed by atoms with Crippen molar-refractivity contribution < 1.29 is 32.2 Å². The minimum atomic E-state index is -4.41. The van der Waals surface area contributed by atoms with Gasteiger partial charge in [0.15, 0.2) is 0 Å². The average molecular weight is 464 g/mol. The number of amides is 1. The van der Waals surface area contributed by atoms with Gasteiger partial charge in [-0.25, -0.2) is 4.98 Å². The number of benzene rings is 1. The number of rotatable bonds is 7. The van der Waals surface area contributed by atoms with Gasteiger partial charge in [-0.05, 0) is 48.9 Å². The number of carbonyl (C=O) groups excluding carboxylic acids is 1. The topological polar surface area (TPSA) is 60.9 Å². The molecule has 33 heavy (non-hydrogen) atoms. The van der Waals surface area contributed by atoms with Crippen LogP contribution in [0.2, 0.25) is 0 Å². The normalized spacial score (nSPS) is 18.6. The molecule has 0 atom stereocenters. The number of methoxy groups -OCH3 is 1. The Morgan fingerprint density at radius 1 is 1.15 bits per heavy atom. The first kappa shape index (κ1) is 23.5. The molecule has 0 spiro atoms. The summed E-state index contributed by atoms with van der Waals surface area (Å²) in [6.45, 7) is 2.74. The van der Waals surface area contributed by atoms with Gasteiger partial charge in [-0.15, -0.1) is 0 Å². The van der Waals surface area contributed by atoms with E-state index in [4.69, 9.17) is 14.2 Å². The van der Waals surface area contributed by atoms with Crippen LogP contribution in [0.1, 0.15) is 40.7 Å². The molecule has 0 saturated carbocycles. The first-order valence-electron chi connectivity index (χ1n) is 11.0. The maximum atomic E-state index is 12.9. The second-order valence-corrected chi connectivity index (χ2v) is 8.52. The Labute approximate surface area is 190 Å². The van der Waals surface area contributed by atoms with Gasteiger partial charge < -0.3 is 19.1 Å². The number of carbonyl (C=O) groups is 1. The first-order valence-corrected chi connectivity index (χ1v) is 11.0. The number of alkyl halides is 3. The molecule has 2 aliphatic rings. The van der Waals surface area contributed by atoms with Gasteiger partial charge in [-0.1, -0.05) is 12.1 Å². The van der Waals surface area contributed by atoms with E-state index < -0.39 is 17.3 Å². The van der Waals surface area contributed by atoms with Crippen molar-refractivity contribution >= 4 is 5.91 Å². The summed E-state index contributed by atoms with van der Waals surface area (Å²) < 4.78 is 54.1. The third kappa shape index (κ3) is 5.30. The van der Waals surface area contributed by atoms with E-state index in [0.29, 0.717) is 44.4 Å². The summed E-state index contributed by atoms with van der Waals surface area (Å²) in [5.41, 5.74) is 0.462. The van der Waals surface area contributed by atoms with Crippen molar-refractivity contribution in [2.75, 3.05) is 40.0 Å². The molecule has 0 radical (unpaired) electrons. The maximum absolute atomic E-state index is 12.9. The number of nitrogens with zero attached hydrogens (tertiary/aromatic N) is 2. The maximum Gasteiger partial charge on any atom is 0.417 e. The third-order valence-electron chi connectivity index (χ3n) is 6.46. The molecule has 9 heteroatoms. The summed E-state index contributed by atoms with van der Waals surface area (Å²) in [4.78, 5) is 18.5. The Morgan fingerprint density at radius 2 is 1.85 bits per heavy atom. The largest absolute Gasteiger partial charge is 0.478 e. The minimum Gasteiger partial charge on any atom is -0.478 e. The SMILES string of the molecule is COC1(c2ccc(C(=O)N3CCC(CCOc4ccc(C(F)(F)F)cn4)CC3)cc2)COC1. The van der Waals surface area contributed by atoms with E-state index in [-0.39, 0.29) is 11.8 Å². The lowest BCUT2D eigenvalue weighted by molar-refractivity contribution is -0.202. The van der Waals surface area contributed by atoms with Crippen LogP contribution in [0.5, 0.6) is 5.88 Å². The molecule has 178 valence electrons. The van der Waals surface area contributed by atoms with Gasteiger partial charge in [0.2, 0.25) is 5.88 Å². The standard InChI is InChI=1S/C24H27F3N2O4/c1-31-23(15-32-16-23)19-4-2-18(3-5-19)22(30)29-11-8-17(9-12-29)10-13-33-21-7-6-20(14-28-21)24(25,26)27/h2-7,14,17H,8-13,15-16H2,1H3. The summed E-state index contributed by atoms with van der Waals surface area (Å²) in [6.07, 6.45) is -1.15. The third-order valence-corrected chi connectivity index (χ3v) is 6.46. The quantitative estimate of drug-likeness (QED) is 0.612. The number of ether oxygens (including phenoxy) is 3. The summed E-state index contributed by atoms with van der Waals surface area (Å²) in [5.74, 6) is 0.593. The van der Waals surface area contributed by atoms with Crippen LogP contribution in [-0.2, 0) is 21.3 Å². The fourth-order valence-corrected chi connectivity index (χ4v) is 4.18. The van der Waals surface area contributed by atoms with E-state index in [1.165, 1.54) is 6.07 Å². The Bertz CT molecular complexity index is 930. The predicted octanol–water partition coefficient (Wildman–Crippen LogP) is 4.29. The van der Waals surface area contributed by atoms with Gasteiger partial charge in [0.25, 0.3) is 5.91 Å². The molecule has 0 bridgehead atoms. The van der Waals surface area contributed by atoms with Crippen molar-refractivity contribution in [3.05, 3.63) is 59.3 Å². The number of hydrogen-bond acceptors (Lipinski definition) is 5. The van der Waals surface area contributed by atoms with Crippen molar-refractivity contribution in [1.82, 2.24) is 9.88 Å². The van der Waals surface area contributed by atoms with Crippen molar-refractivity contribution in [3.63, 3.8) is 0 Å². The van der Waals surface area contributed by atoms with Crippen LogP contribution in [0.15, 0.2) is 42.6 Å². The zero-order chi connectivity index (χ0) is 23.5. The number of aromatic nitrogens is 1. The summed E-state index contributed by atoms with van der Waals surface area (Å²) in [5, 5.41) is 0. The van der Waals surface area contributed by atoms with Crippen LogP contribution in [0.3, 0.4) is 0 Å². The fourth-order valence-electron chi connectivity index (χ4n) is 4.18. The molecule has 2 aromatic rings. The van der Waals surface area contributed by atoms with E-state index >= 15 is 0 Å². The lowest BCUT2D eigenvalue weighted by Gasteiger charge is -2.40. The van der Waals surface area contributed by atoms with Gasteiger partial charge in [0.1, 0.15) is 5.60 Å². The zero-order valence-electron chi connectivity index (χ0n) is 18.4. The Kier molecular flexibility index (Phi) is 6.90. The number of likely N-dealkylation sites (tertiary alicyclic amines) is 1. The molecule has 6 nitrogen and oxygen atoms in total. The summed E-state index contributed by atoms with van der Waals surface area (Å²) in [7, 11) is 1.66. The highest BCUT2D eigenvalue weighted by Gasteiger charge is 2.40. The number of piperidine rings is 1. The van der Waals surface area contributed by atoms with Gasteiger partial charge in [0, 0.05) is 38.0 Å². The average Bonchev–Trinajstić information content (AvgIpc) is 2.79. The summed E-state index contributed by atoms with van der Waals surface area (Å²) >= 11 is 0. The highest BCUT2D eigenvalue weighted by Crippen LogP contribution is 2.33. The van der Waals surface area contributed by atoms with E-state index in [0.717, 1.165) is 37.1 Å². The Hall–Kier alpha value is -2.65. The minimum absolute atomic E-state index is 0.0153. The van der Waals surface area contributed by atoms with E-state index in [1.807, 2.05) is 29.2 Å². The van der Waals surface area contributed by atoms with Gasteiger partial charge in [-0.2, -0.15) is 13.2 Å². The van der Waals surface area contributed by atoms with Crippen LogP contribution in [0.4, 0.5) is 13.2 Å². The smallest absolute Gasteiger partial charge is 0.417 e. The molecule has 3 heterocycles. The fraction of sp³-hybridized carbons (Fsp3) is 0.500. The van der Waals surface area contributed by atoms with Crippen molar-refractivity contribution in [2.24, 2.45) is 5.92 Å². The lowest BCUT2D eigenvalue weighted by atomic mass is 9.90. The summed E-state index contributed by atoms with van der Waals surface area (Å²) in [6, 6.07) is 9.74. The van der Waals surface area contributed by atoms with Crippen molar-refractivity contribution in [2.45, 2.75) is 31.0 Å². The molecule has 4 rings (SSSR count). The predicted molar refractivity (Wildman–Crippen MR) is 114 cm³/mol. The van der Waals surface area contributed by atoms with Crippen LogP contribution in [0.25, 0.3) is 0 Å². The first-order chi connectivity index (χ1) is 15.8. The molecule has 0 aliphatic carbocycles. The van der Waals surface area contributed by atoms with Crippen LogP contribution < -0.4 is 4.74 Å².